The Hall–Kier alpha value is -1.39. The van der Waals surface area contributed by atoms with Gasteiger partial charge in [-0.25, -0.2) is 9.78 Å². The van der Waals surface area contributed by atoms with E-state index in [0.717, 1.165) is 6.42 Å². The molecule has 1 aromatic heterocycles. The topological polar surface area (TPSA) is 87.5 Å². The number of aromatic carboxylic acids is 1. The van der Waals surface area contributed by atoms with Gasteiger partial charge in [0.2, 0.25) is 0 Å². The van der Waals surface area contributed by atoms with Crippen molar-refractivity contribution < 1.29 is 33.0 Å². The number of ketones is 1. The highest BCUT2D eigenvalue weighted by atomic mass is 32.2. The van der Waals surface area contributed by atoms with Gasteiger partial charge in [-0.15, -0.1) is 11.3 Å². The number of carboxylic acids is 1. The lowest BCUT2D eigenvalue weighted by Gasteiger charge is -2.22. The number of nitrogens with zero attached hydrogens (tertiary/aromatic N) is 1. The molecule has 3 atom stereocenters. The molecule has 2 N–H and O–H groups in total. The molecular weight excluding hydrogens is 439 g/mol. The molecule has 1 saturated carbocycles. The molecule has 1 aromatic rings. The van der Waals surface area contributed by atoms with Gasteiger partial charge in [-0.05, 0) is 44.9 Å². The van der Waals surface area contributed by atoms with Gasteiger partial charge in [0.15, 0.2) is 10.0 Å². The maximum absolute atomic E-state index is 12.3. The smallest absolute Gasteiger partial charge is 0.389 e. The number of hydrogen-bond acceptors (Lipinski definition) is 6. The highest BCUT2D eigenvalue weighted by Crippen LogP contribution is 2.35. The number of thioether (sulfide) groups is 1. The SMILES string of the molecule is C[C@@](O)(CC=CC1CCC(=O)[C@@H]1CCSc1nc(C(=O)O)cs1)CCCC(F)(F)F. The first-order valence-corrected chi connectivity index (χ1v) is 11.6. The molecule has 0 saturated heterocycles. The molecule has 0 bridgehead atoms. The van der Waals surface area contributed by atoms with Gasteiger partial charge in [0.25, 0.3) is 0 Å². The van der Waals surface area contributed by atoms with Gasteiger partial charge in [0, 0.05) is 29.9 Å². The van der Waals surface area contributed by atoms with E-state index in [2.05, 4.69) is 4.98 Å². The van der Waals surface area contributed by atoms with Gasteiger partial charge >= 0.3 is 12.1 Å². The first kappa shape index (κ1) is 24.9. The number of allylic oxidation sites excluding steroid dienone is 1. The van der Waals surface area contributed by atoms with Gasteiger partial charge in [-0.3, -0.25) is 4.79 Å². The lowest BCUT2D eigenvalue weighted by atomic mass is 9.90. The van der Waals surface area contributed by atoms with Crippen molar-refractivity contribution in [2.75, 3.05) is 5.75 Å². The summed E-state index contributed by atoms with van der Waals surface area (Å²) in [6, 6.07) is 0. The number of carbonyl (C=O) groups is 2. The standard InChI is InChI=1S/C20H26F3NO4S2/c1-19(28,9-3-10-20(21,22)23)8-2-4-13-5-6-16(25)14(13)7-11-29-18-24-15(12-30-18)17(26)27/h2,4,12-14,28H,3,5-11H2,1H3,(H,26,27)/t13?,14-,19-/m1/s1. The van der Waals surface area contributed by atoms with Crippen LogP contribution < -0.4 is 0 Å². The summed E-state index contributed by atoms with van der Waals surface area (Å²) in [5, 5.41) is 20.7. The predicted molar refractivity (Wildman–Crippen MR) is 110 cm³/mol. The molecule has 10 heteroatoms. The summed E-state index contributed by atoms with van der Waals surface area (Å²) in [5.74, 6) is -0.323. The summed E-state index contributed by atoms with van der Waals surface area (Å²) in [4.78, 5) is 27.1. The van der Waals surface area contributed by atoms with Crippen LogP contribution in [0.5, 0.6) is 0 Å². The van der Waals surface area contributed by atoms with E-state index in [1.54, 1.807) is 6.08 Å². The van der Waals surface area contributed by atoms with Crippen LogP contribution in [0.1, 0.15) is 62.4 Å². The van der Waals surface area contributed by atoms with Crippen LogP contribution in [0, 0.1) is 11.8 Å². The fourth-order valence-corrected chi connectivity index (χ4v) is 5.40. The van der Waals surface area contributed by atoms with Crippen LogP contribution in [0.25, 0.3) is 0 Å². The molecule has 1 aliphatic carbocycles. The molecular formula is C20H26F3NO4S2. The second kappa shape index (κ2) is 10.8. The molecule has 0 aromatic carbocycles. The molecule has 0 amide bonds. The Morgan fingerprint density at radius 2 is 2.13 bits per heavy atom. The van der Waals surface area contributed by atoms with Crippen molar-refractivity contribution in [3.05, 3.63) is 23.2 Å². The van der Waals surface area contributed by atoms with Crippen LogP contribution in [-0.2, 0) is 4.79 Å². The third-order valence-corrected chi connectivity index (χ3v) is 7.18. The van der Waals surface area contributed by atoms with E-state index < -0.39 is 24.2 Å². The molecule has 1 unspecified atom stereocenters. The van der Waals surface area contributed by atoms with Crippen LogP contribution in [0.2, 0.25) is 0 Å². The van der Waals surface area contributed by atoms with E-state index >= 15 is 0 Å². The number of aliphatic hydroxyl groups is 1. The largest absolute Gasteiger partial charge is 0.476 e. The molecule has 0 radical (unpaired) electrons. The second-order valence-electron chi connectivity index (χ2n) is 7.81. The zero-order chi connectivity index (χ0) is 22.4. The van der Waals surface area contributed by atoms with Gasteiger partial charge in [0.05, 0.1) is 5.60 Å². The average molecular weight is 466 g/mol. The van der Waals surface area contributed by atoms with Crippen LogP contribution in [0.3, 0.4) is 0 Å². The highest BCUT2D eigenvalue weighted by molar-refractivity contribution is 8.01. The van der Waals surface area contributed by atoms with Crippen molar-refractivity contribution in [2.45, 2.75) is 68.0 Å². The Labute approximate surface area is 181 Å². The summed E-state index contributed by atoms with van der Waals surface area (Å²) in [7, 11) is 0. The first-order valence-electron chi connectivity index (χ1n) is 9.77. The average Bonchev–Trinajstić information content (AvgIpc) is 3.22. The maximum atomic E-state index is 12.3. The Bertz CT molecular complexity index is 761. The monoisotopic (exact) mass is 465 g/mol. The van der Waals surface area contributed by atoms with Crippen molar-refractivity contribution in [1.82, 2.24) is 4.98 Å². The zero-order valence-corrected chi connectivity index (χ0v) is 18.3. The number of alkyl halides is 3. The van der Waals surface area contributed by atoms with E-state index in [0.29, 0.717) is 22.9 Å². The van der Waals surface area contributed by atoms with Crippen molar-refractivity contribution in [3.8, 4) is 0 Å². The molecule has 1 heterocycles. The molecule has 1 fully saturated rings. The van der Waals surface area contributed by atoms with Gasteiger partial charge in [-0.2, -0.15) is 13.2 Å². The van der Waals surface area contributed by atoms with Gasteiger partial charge < -0.3 is 10.2 Å². The maximum Gasteiger partial charge on any atom is 0.389 e. The van der Waals surface area contributed by atoms with Crippen LogP contribution in [-0.4, -0.2) is 44.5 Å². The molecule has 0 aliphatic heterocycles. The number of hydrogen-bond donors (Lipinski definition) is 2. The van der Waals surface area contributed by atoms with Gasteiger partial charge in [-0.1, -0.05) is 23.9 Å². The van der Waals surface area contributed by atoms with E-state index in [9.17, 15) is 27.9 Å². The minimum Gasteiger partial charge on any atom is -0.476 e. The second-order valence-corrected chi connectivity index (χ2v) is 10.0. The normalized spacial score (nSPS) is 22.0. The molecule has 5 nitrogen and oxygen atoms in total. The summed E-state index contributed by atoms with van der Waals surface area (Å²) < 4.78 is 37.4. The van der Waals surface area contributed by atoms with E-state index in [1.165, 1.54) is 35.4 Å². The number of Topliss-reactive ketones (excluding diaryl/α,β-unsaturated/α-hetero) is 1. The molecule has 1 aliphatic rings. The quantitative estimate of drug-likeness (QED) is 0.338. The predicted octanol–water partition coefficient (Wildman–Crippen LogP) is 5.35. The Balaban J connectivity index is 1.79. The van der Waals surface area contributed by atoms with Crippen molar-refractivity contribution >= 4 is 34.9 Å². The fourth-order valence-electron chi connectivity index (χ4n) is 3.50. The first-order chi connectivity index (χ1) is 14.0. The molecule has 2 rings (SSSR count). The zero-order valence-electron chi connectivity index (χ0n) is 16.7. The summed E-state index contributed by atoms with van der Waals surface area (Å²) in [5.41, 5.74) is -1.19. The fraction of sp³-hybridized carbons (Fsp3) is 0.650. The number of carbonyl (C=O) groups excluding carboxylic acids is 1. The van der Waals surface area contributed by atoms with Crippen LogP contribution in [0.4, 0.5) is 13.2 Å². The number of halogens is 3. The van der Waals surface area contributed by atoms with Crippen molar-refractivity contribution in [2.24, 2.45) is 11.8 Å². The van der Waals surface area contributed by atoms with Gasteiger partial charge in [0.1, 0.15) is 5.78 Å². The summed E-state index contributed by atoms with van der Waals surface area (Å²) >= 11 is 2.68. The minimum atomic E-state index is -4.21. The molecule has 30 heavy (non-hydrogen) atoms. The Morgan fingerprint density at radius 3 is 2.77 bits per heavy atom. The van der Waals surface area contributed by atoms with E-state index in [1.807, 2.05) is 6.08 Å². The molecule has 168 valence electrons. The number of carboxylic acid groups (broad SMARTS) is 1. The third kappa shape index (κ3) is 8.39. The van der Waals surface area contributed by atoms with Crippen molar-refractivity contribution in [1.29, 1.82) is 0 Å². The lowest BCUT2D eigenvalue weighted by Crippen LogP contribution is -2.24. The Morgan fingerprint density at radius 1 is 1.40 bits per heavy atom. The minimum absolute atomic E-state index is 0.0162. The van der Waals surface area contributed by atoms with Crippen LogP contribution >= 0.6 is 23.1 Å². The lowest BCUT2D eigenvalue weighted by molar-refractivity contribution is -0.137. The number of rotatable bonds is 11. The summed E-state index contributed by atoms with van der Waals surface area (Å²) in [6.07, 6.45) is 0.608. The highest BCUT2D eigenvalue weighted by Gasteiger charge is 2.33. The third-order valence-electron chi connectivity index (χ3n) is 5.13. The summed E-state index contributed by atoms with van der Waals surface area (Å²) in [6.45, 7) is 1.53. The van der Waals surface area contributed by atoms with Crippen LogP contribution in [0.15, 0.2) is 21.9 Å². The van der Waals surface area contributed by atoms with E-state index in [-0.39, 0.29) is 42.6 Å². The molecule has 0 spiro atoms. The number of thiazole rings is 1. The number of aromatic nitrogens is 1. The Kier molecular flexibility index (Phi) is 8.93. The van der Waals surface area contributed by atoms with E-state index in [4.69, 9.17) is 5.11 Å². The van der Waals surface area contributed by atoms with Crippen molar-refractivity contribution in [3.63, 3.8) is 0 Å².